The van der Waals surface area contributed by atoms with Crippen LogP contribution in [-0.4, -0.2) is 16.1 Å². The molecule has 0 fully saturated rings. The van der Waals surface area contributed by atoms with Crippen LogP contribution in [0.3, 0.4) is 0 Å². The van der Waals surface area contributed by atoms with Crippen LogP contribution < -0.4 is 5.32 Å². The second kappa shape index (κ2) is 8.20. The summed E-state index contributed by atoms with van der Waals surface area (Å²) < 4.78 is 0. The van der Waals surface area contributed by atoms with Gasteiger partial charge in [-0.3, -0.25) is 4.79 Å². The van der Waals surface area contributed by atoms with Gasteiger partial charge in [0.2, 0.25) is 5.91 Å². The van der Waals surface area contributed by atoms with Crippen molar-refractivity contribution in [2.75, 3.05) is 0 Å². The van der Waals surface area contributed by atoms with Gasteiger partial charge in [-0.1, -0.05) is 49.0 Å². The number of pyridine rings is 1. The molecule has 2 rings (SSSR count). The maximum absolute atomic E-state index is 12.3. The van der Waals surface area contributed by atoms with Crippen LogP contribution in [0.1, 0.15) is 24.5 Å². The first kappa shape index (κ1) is 16.1. The average molecular weight is 311 g/mol. The number of thioether (sulfide) groups is 1. The van der Waals surface area contributed by atoms with Crippen LogP contribution >= 0.6 is 11.8 Å². The quantitative estimate of drug-likeness (QED) is 0.832. The molecule has 5 heteroatoms. The van der Waals surface area contributed by atoms with Crippen LogP contribution in [0.2, 0.25) is 0 Å². The fourth-order valence-electron chi connectivity index (χ4n) is 1.91. The van der Waals surface area contributed by atoms with Crippen LogP contribution in [0.5, 0.6) is 0 Å². The van der Waals surface area contributed by atoms with Gasteiger partial charge in [0, 0.05) is 12.7 Å². The fraction of sp³-hybridized carbons (Fsp3) is 0.235. The molecule has 0 aliphatic heterocycles. The Hall–Kier alpha value is -2.32. The molecule has 1 amide bonds. The molecule has 1 heterocycles. The highest BCUT2D eigenvalue weighted by Crippen LogP contribution is 2.24. The van der Waals surface area contributed by atoms with E-state index in [4.69, 9.17) is 5.26 Å². The molecule has 0 spiro atoms. The molecule has 22 heavy (non-hydrogen) atoms. The third-order valence-electron chi connectivity index (χ3n) is 3.10. The van der Waals surface area contributed by atoms with E-state index in [9.17, 15) is 4.79 Å². The Kier molecular flexibility index (Phi) is 5.99. The van der Waals surface area contributed by atoms with Gasteiger partial charge in [-0.25, -0.2) is 4.98 Å². The van der Waals surface area contributed by atoms with Crippen LogP contribution in [0.25, 0.3) is 0 Å². The lowest BCUT2D eigenvalue weighted by Crippen LogP contribution is -2.31. The zero-order chi connectivity index (χ0) is 15.8. The molecule has 1 atom stereocenters. The van der Waals surface area contributed by atoms with E-state index in [0.717, 1.165) is 5.56 Å². The number of nitriles is 1. The monoisotopic (exact) mass is 311 g/mol. The van der Waals surface area contributed by atoms with Gasteiger partial charge < -0.3 is 5.32 Å². The van der Waals surface area contributed by atoms with E-state index in [1.807, 2.05) is 37.3 Å². The third kappa shape index (κ3) is 4.61. The van der Waals surface area contributed by atoms with E-state index in [2.05, 4.69) is 16.4 Å². The van der Waals surface area contributed by atoms with Crippen molar-refractivity contribution >= 4 is 17.7 Å². The van der Waals surface area contributed by atoms with Gasteiger partial charge in [0.05, 0.1) is 21.9 Å². The van der Waals surface area contributed by atoms with Gasteiger partial charge in [-0.15, -0.1) is 0 Å². The Balaban J connectivity index is 1.95. The number of nitrogens with zero attached hydrogens (tertiary/aromatic N) is 2. The Labute approximate surface area is 134 Å². The van der Waals surface area contributed by atoms with Gasteiger partial charge in [-0.05, 0) is 24.1 Å². The topological polar surface area (TPSA) is 65.8 Å². The zero-order valence-corrected chi connectivity index (χ0v) is 13.1. The number of hydrogen-bond acceptors (Lipinski definition) is 4. The predicted octanol–water partition coefficient (Wildman–Crippen LogP) is 3.14. The van der Waals surface area contributed by atoms with Crippen molar-refractivity contribution in [3.05, 3.63) is 59.8 Å². The smallest absolute Gasteiger partial charge is 0.233 e. The van der Waals surface area contributed by atoms with E-state index in [1.54, 1.807) is 18.3 Å². The molecular formula is C17H17N3OS. The Morgan fingerprint density at radius 2 is 2.14 bits per heavy atom. The standard InChI is InChI=1S/C17H17N3OS/c1-2-15(22-16-10-14(11-18)8-9-19-16)17(21)20-12-13-6-4-3-5-7-13/h3-10,15H,2,12H2,1H3,(H,20,21). The van der Waals surface area contributed by atoms with Crippen LogP contribution in [0.4, 0.5) is 0 Å². The molecule has 0 radical (unpaired) electrons. The Morgan fingerprint density at radius 3 is 2.82 bits per heavy atom. The summed E-state index contributed by atoms with van der Waals surface area (Å²) in [6, 6.07) is 15.2. The number of rotatable bonds is 6. The third-order valence-corrected chi connectivity index (χ3v) is 4.40. The number of hydrogen-bond donors (Lipinski definition) is 1. The summed E-state index contributed by atoms with van der Waals surface area (Å²) in [7, 11) is 0. The highest BCUT2D eigenvalue weighted by Gasteiger charge is 2.18. The lowest BCUT2D eigenvalue weighted by molar-refractivity contribution is -0.120. The molecule has 0 saturated heterocycles. The lowest BCUT2D eigenvalue weighted by atomic mass is 10.2. The molecule has 2 aromatic rings. The number of aromatic nitrogens is 1. The number of carbonyl (C=O) groups excluding carboxylic acids is 1. The SMILES string of the molecule is CCC(Sc1cc(C#N)ccn1)C(=O)NCc1ccccc1. The summed E-state index contributed by atoms with van der Waals surface area (Å²) in [5.74, 6) is -0.0134. The predicted molar refractivity (Wildman–Crippen MR) is 87.2 cm³/mol. The number of amides is 1. The molecule has 1 N–H and O–H groups in total. The summed E-state index contributed by atoms with van der Waals surface area (Å²) in [5.41, 5.74) is 1.62. The molecular weight excluding hydrogens is 294 g/mol. The van der Waals surface area contributed by atoms with Crippen molar-refractivity contribution in [2.45, 2.75) is 30.2 Å². The first-order valence-electron chi connectivity index (χ1n) is 7.07. The zero-order valence-electron chi connectivity index (χ0n) is 12.3. The lowest BCUT2D eigenvalue weighted by Gasteiger charge is -2.14. The summed E-state index contributed by atoms with van der Waals surface area (Å²) in [6.45, 7) is 2.48. The highest BCUT2D eigenvalue weighted by molar-refractivity contribution is 8.00. The Morgan fingerprint density at radius 1 is 1.36 bits per heavy atom. The van der Waals surface area contributed by atoms with Crippen molar-refractivity contribution < 1.29 is 4.79 Å². The van der Waals surface area contributed by atoms with Crippen molar-refractivity contribution in [2.24, 2.45) is 0 Å². The van der Waals surface area contributed by atoms with Crippen LogP contribution in [-0.2, 0) is 11.3 Å². The van der Waals surface area contributed by atoms with Crippen molar-refractivity contribution in [3.8, 4) is 6.07 Å². The van der Waals surface area contributed by atoms with Gasteiger partial charge in [0.1, 0.15) is 0 Å². The Bertz CT molecular complexity index is 667. The van der Waals surface area contributed by atoms with E-state index >= 15 is 0 Å². The number of benzene rings is 1. The molecule has 0 bridgehead atoms. The van der Waals surface area contributed by atoms with Gasteiger partial charge in [0.15, 0.2) is 0 Å². The minimum absolute atomic E-state index is 0.0134. The van der Waals surface area contributed by atoms with Gasteiger partial charge in [0.25, 0.3) is 0 Å². The molecule has 0 aliphatic carbocycles. The van der Waals surface area contributed by atoms with Gasteiger partial charge >= 0.3 is 0 Å². The molecule has 4 nitrogen and oxygen atoms in total. The molecule has 112 valence electrons. The van der Waals surface area contributed by atoms with E-state index in [1.165, 1.54) is 11.8 Å². The average Bonchev–Trinajstić information content (AvgIpc) is 2.58. The fourth-order valence-corrected chi connectivity index (χ4v) is 2.88. The van der Waals surface area contributed by atoms with Gasteiger partial charge in [-0.2, -0.15) is 5.26 Å². The molecule has 1 unspecified atom stereocenters. The van der Waals surface area contributed by atoms with E-state index in [0.29, 0.717) is 23.6 Å². The summed E-state index contributed by atoms with van der Waals surface area (Å²) in [4.78, 5) is 16.5. The summed E-state index contributed by atoms with van der Waals surface area (Å²) >= 11 is 1.39. The van der Waals surface area contributed by atoms with E-state index < -0.39 is 0 Å². The molecule has 1 aromatic carbocycles. The van der Waals surface area contributed by atoms with Crippen LogP contribution in [0, 0.1) is 11.3 Å². The minimum atomic E-state index is -0.217. The minimum Gasteiger partial charge on any atom is -0.351 e. The molecule has 0 aliphatic rings. The van der Waals surface area contributed by atoms with Crippen molar-refractivity contribution in [3.63, 3.8) is 0 Å². The first-order chi connectivity index (χ1) is 10.7. The molecule has 0 saturated carbocycles. The number of nitrogens with one attached hydrogen (secondary N) is 1. The maximum atomic E-state index is 12.3. The second-order valence-electron chi connectivity index (χ2n) is 4.71. The first-order valence-corrected chi connectivity index (χ1v) is 7.95. The highest BCUT2D eigenvalue weighted by atomic mass is 32.2. The normalized spacial score (nSPS) is 11.5. The maximum Gasteiger partial charge on any atom is 0.233 e. The summed E-state index contributed by atoms with van der Waals surface area (Å²) in [5, 5.41) is 12.3. The molecule has 1 aromatic heterocycles. The number of carbonyl (C=O) groups is 1. The van der Waals surface area contributed by atoms with Crippen LogP contribution in [0.15, 0.2) is 53.7 Å². The van der Waals surface area contributed by atoms with Crippen molar-refractivity contribution in [1.82, 2.24) is 10.3 Å². The second-order valence-corrected chi connectivity index (χ2v) is 5.94. The van der Waals surface area contributed by atoms with Crippen molar-refractivity contribution in [1.29, 1.82) is 5.26 Å². The summed E-state index contributed by atoms with van der Waals surface area (Å²) in [6.07, 6.45) is 2.29. The van der Waals surface area contributed by atoms with E-state index in [-0.39, 0.29) is 11.2 Å². The largest absolute Gasteiger partial charge is 0.351 e.